The third-order valence-corrected chi connectivity index (χ3v) is 4.01. The fraction of sp³-hybridized carbons (Fsp3) is 0.0476. The van der Waals surface area contributed by atoms with E-state index in [1.54, 1.807) is 48.5 Å². The predicted octanol–water partition coefficient (Wildman–Crippen LogP) is 5.28. The third kappa shape index (κ3) is 4.38. The lowest BCUT2D eigenvalue weighted by Crippen LogP contribution is -2.06. The van der Waals surface area contributed by atoms with Gasteiger partial charge in [-0.25, -0.2) is 22.0 Å². The minimum atomic E-state index is -2.24. The average molecular weight is 417 g/mol. The summed E-state index contributed by atoms with van der Waals surface area (Å²) in [5.41, 5.74) is 2.26. The Morgan fingerprint density at radius 2 is 1.47 bits per heavy atom. The monoisotopic (exact) mass is 417 g/mol. The minimum Gasteiger partial charge on any atom is -0.489 e. The largest absolute Gasteiger partial charge is 0.489 e. The second kappa shape index (κ2) is 9.05. The summed E-state index contributed by atoms with van der Waals surface area (Å²) in [5, 5.41) is 12.6. The molecule has 0 fully saturated rings. The number of hydrogen-bond acceptors (Lipinski definition) is 4. The summed E-state index contributed by atoms with van der Waals surface area (Å²) in [4.78, 5) is 0. The molecular formula is C21H12F5N3O. The maximum Gasteiger partial charge on any atom is 0.200 e. The van der Waals surface area contributed by atoms with Crippen LogP contribution in [0.15, 0.2) is 53.6 Å². The highest BCUT2D eigenvalue weighted by molar-refractivity contribution is 5.80. The van der Waals surface area contributed by atoms with Crippen LogP contribution in [0.5, 0.6) is 5.75 Å². The maximum atomic E-state index is 13.6. The van der Waals surface area contributed by atoms with E-state index in [1.807, 2.05) is 5.43 Å². The number of nitriles is 1. The summed E-state index contributed by atoms with van der Waals surface area (Å²) in [5.74, 6) is -9.90. The molecule has 0 atom stereocenters. The van der Waals surface area contributed by atoms with Crippen LogP contribution in [0.2, 0.25) is 0 Å². The second-order valence-corrected chi connectivity index (χ2v) is 5.94. The third-order valence-electron chi connectivity index (χ3n) is 4.01. The van der Waals surface area contributed by atoms with E-state index >= 15 is 0 Å². The van der Waals surface area contributed by atoms with Crippen molar-refractivity contribution in [2.75, 3.05) is 5.43 Å². The summed E-state index contributed by atoms with van der Waals surface area (Å²) < 4.78 is 72.1. The van der Waals surface area contributed by atoms with Crippen molar-refractivity contribution in [3.05, 3.63) is 94.3 Å². The van der Waals surface area contributed by atoms with Crippen molar-refractivity contribution in [3.8, 4) is 11.8 Å². The molecule has 152 valence electrons. The molecule has 3 aromatic carbocycles. The van der Waals surface area contributed by atoms with Crippen LogP contribution in [0.25, 0.3) is 0 Å². The first-order valence-corrected chi connectivity index (χ1v) is 8.43. The van der Waals surface area contributed by atoms with Gasteiger partial charge in [-0.15, -0.1) is 0 Å². The number of ether oxygens (including phenoxy) is 1. The normalized spacial score (nSPS) is 10.8. The van der Waals surface area contributed by atoms with Crippen LogP contribution in [0.3, 0.4) is 0 Å². The van der Waals surface area contributed by atoms with Crippen molar-refractivity contribution in [1.82, 2.24) is 0 Å². The lowest BCUT2D eigenvalue weighted by molar-refractivity contribution is 0.306. The van der Waals surface area contributed by atoms with Gasteiger partial charge in [-0.05, 0) is 35.9 Å². The van der Waals surface area contributed by atoms with Gasteiger partial charge in [0.05, 0.1) is 17.8 Å². The van der Waals surface area contributed by atoms with Gasteiger partial charge in [0.2, 0.25) is 5.82 Å². The SMILES string of the molecule is N#Cc1ccccc1COc1ccc(/C=N/Nc2c(F)c(F)c(F)c(F)c2F)cc1. The Balaban J connectivity index is 1.65. The van der Waals surface area contributed by atoms with Crippen molar-refractivity contribution in [1.29, 1.82) is 5.26 Å². The highest BCUT2D eigenvalue weighted by Crippen LogP contribution is 2.27. The van der Waals surface area contributed by atoms with Gasteiger partial charge >= 0.3 is 0 Å². The zero-order valence-electron chi connectivity index (χ0n) is 15.1. The molecular weight excluding hydrogens is 405 g/mol. The standard InChI is InChI=1S/C21H12F5N3O/c22-16-17(23)19(25)21(20(26)18(16)24)29-28-10-12-5-7-15(8-6-12)30-11-14-4-2-1-3-13(14)9-27/h1-8,10,29H,11H2/b28-10+. The van der Waals surface area contributed by atoms with E-state index in [0.29, 0.717) is 16.9 Å². The van der Waals surface area contributed by atoms with Crippen LogP contribution in [-0.4, -0.2) is 6.21 Å². The number of benzene rings is 3. The molecule has 0 bridgehead atoms. The molecule has 0 radical (unpaired) electrons. The van der Waals surface area contributed by atoms with Gasteiger partial charge < -0.3 is 4.74 Å². The zero-order chi connectivity index (χ0) is 21.7. The Kier molecular flexibility index (Phi) is 6.27. The highest BCUT2D eigenvalue weighted by Gasteiger charge is 2.25. The average Bonchev–Trinajstić information content (AvgIpc) is 2.78. The number of anilines is 1. The molecule has 1 N–H and O–H groups in total. The molecule has 3 aromatic rings. The van der Waals surface area contributed by atoms with Crippen molar-refractivity contribution in [3.63, 3.8) is 0 Å². The molecule has 0 heterocycles. The molecule has 0 spiro atoms. The van der Waals surface area contributed by atoms with Crippen LogP contribution >= 0.6 is 0 Å². The summed E-state index contributed by atoms with van der Waals surface area (Å²) >= 11 is 0. The Hall–Kier alpha value is -3.93. The van der Waals surface area contributed by atoms with Crippen LogP contribution < -0.4 is 10.2 Å². The summed E-state index contributed by atoms with van der Waals surface area (Å²) in [6, 6.07) is 15.4. The molecule has 0 aliphatic rings. The smallest absolute Gasteiger partial charge is 0.200 e. The molecule has 0 aliphatic carbocycles. The van der Waals surface area contributed by atoms with Crippen LogP contribution in [-0.2, 0) is 6.61 Å². The van der Waals surface area contributed by atoms with E-state index in [0.717, 1.165) is 11.8 Å². The van der Waals surface area contributed by atoms with E-state index < -0.39 is 34.8 Å². The zero-order valence-corrected chi connectivity index (χ0v) is 15.1. The quantitative estimate of drug-likeness (QED) is 0.195. The first-order valence-electron chi connectivity index (χ1n) is 8.43. The Labute approximate surface area is 167 Å². The van der Waals surface area contributed by atoms with E-state index in [9.17, 15) is 22.0 Å². The Bertz CT molecular complexity index is 1110. The second-order valence-electron chi connectivity index (χ2n) is 5.94. The Morgan fingerprint density at radius 3 is 2.10 bits per heavy atom. The van der Waals surface area contributed by atoms with E-state index in [2.05, 4.69) is 11.2 Å². The summed E-state index contributed by atoms with van der Waals surface area (Å²) in [6.45, 7) is 0.180. The highest BCUT2D eigenvalue weighted by atomic mass is 19.2. The molecule has 0 aliphatic heterocycles. The van der Waals surface area contributed by atoms with Crippen molar-refractivity contribution in [2.45, 2.75) is 6.61 Å². The fourth-order valence-corrected chi connectivity index (χ4v) is 2.44. The molecule has 0 saturated carbocycles. The lowest BCUT2D eigenvalue weighted by atomic mass is 10.1. The van der Waals surface area contributed by atoms with E-state index in [4.69, 9.17) is 10.00 Å². The molecule has 0 saturated heterocycles. The lowest BCUT2D eigenvalue weighted by Gasteiger charge is -2.08. The number of hydrazone groups is 1. The number of hydrogen-bond donors (Lipinski definition) is 1. The number of halogens is 5. The van der Waals surface area contributed by atoms with Crippen molar-refractivity contribution >= 4 is 11.9 Å². The summed E-state index contributed by atoms with van der Waals surface area (Å²) in [6.07, 6.45) is 1.13. The number of rotatable bonds is 6. The van der Waals surface area contributed by atoms with Crippen LogP contribution in [0, 0.1) is 40.4 Å². The molecule has 3 rings (SSSR count). The number of nitrogens with one attached hydrogen (secondary N) is 1. The van der Waals surface area contributed by atoms with Gasteiger partial charge in [0.25, 0.3) is 0 Å². The van der Waals surface area contributed by atoms with Gasteiger partial charge in [-0.1, -0.05) is 18.2 Å². The van der Waals surface area contributed by atoms with Crippen molar-refractivity contribution < 1.29 is 26.7 Å². The molecule has 4 nitrogen and oxygen atoms in total. The molecule has 30 heavy (non-hydrogen) atoms. The molecule has 0 unspecified atom stereocenters. The van der Waals surface area contributed by atoms with Gasteiger partial charge in [0.15, 0.2) is 23.3 Å². The summed E-state index contributed by atoms with van der Waals surface area (Å²) in [7, 11) is 0. The predicted molar refractivity (Wildman–Crippen MR) is 99.4 cm³/mol. The van der Waals surface area contributed by atoms with E-state index in [-0.39, 0.29) is 6.61 Å². The molecule has 9 heteroatoms. The van der Waals surface area contributed by atoms with Gasteiger partial charge in [-0.3, -0.25) is 5.43 Å². The van der Waals surface area contributed by atoms with Crippen LogP contribution in [0.4, 0.5) is 27.6 Å². The molecule has 0 amide bonds. The maximum absolute atomic E-state index is 13.6. The van der Waals surface area contributed by atoms with E-state index in [1.165, 1.54) is 0 Å². The first kappa shape index (κ1) is 20.8. The first-order chi connectivity index (χ1) is 14.4. The topological polar surface area (TPSA) is 57.4 Å². The fourth-order valence-electron chi connectivity index (χ4n) is 2.44. The number of nitrogens with zero attached hydrogens (tertiary/aromatic N) is 2. The minimum absolute atomic E-state index is 0.180. The molecule has 0 aromatic heterocycles. The van der Waals surface area contributed by atoms with Gasteiger partial charge in [0, 0.05) is 5.56 Å². The Morgan fingerprint density at radius 1 is 0.867 bits per heavy atom. The van der Waals surface area contributed by atoms with Crippen molar-refractivity contribution in [2.24, 2.45) is 5.10 Å². The van der Waals surface area contributed by atoms with Gasteiger partial charge in [-0.2, -0.15) is 10.4 Å². The van der Waals surface area contributed by atoms with Gasteiger partial charge in [0.1, 0.15) is 18.0 Å². The van der Waals surface area contributed by atoms with Crippen LogP contribution in [0.1, 0.15) is 16.7 Å².